The Morgan fingerprint density at radius 2 is 1.62 bits per heavy atom. The van der Waals surface area contributed by atoms with Gasteiger partial charge in [-0.25, -0.2) is 0 Å². The molecule has 0 radical (unpaired) electrons. The first kappa shape index (κ1) is 28.3. The number of Topliss-reactive ketones (excluding diaryl/α,β-unsaturated/α-hetero) is 3. The van der Waals surface area contributed by atoms with Crippen LogP contribution >= 0.6 is 0 Å². The zero-order chi connectivity index (χ0) is 27.0. The standard InChI is InChI=1S/C29H38N4O4/c1-19(2)17-23(33-28(37)21-13-7-4-8-14-21)24(34)18-25(35)29(30,31)27(36)26(20-11-5-3-6-12-20)22-15-9-10-16-32-22/h3,5-6,9-12,15-16,19,21,23,26H,4,7-8,13-14,17-18,30-31H2,1-2H3,(H,33,37)/t23-,26?/m0/s1. The third kappa shape index (κ3) is 7.40. The number of rotatable bonds is 12. The molecule has 1 aromatic heterocycles. The smallest absolute Gasteiger partial charge is 0.223 e. The first-order chi connectivity index (χ1) is 17.6. The summed E-state index contributed by atoms with van der Waals surface area (Å²) in [6, 6.07) is 13.1. The van der Waals surface area contributed by atoms with Crippen molar-refractivity contribution >= 4 is 23.3 Å². The molecule has 37 heavy (non-hydrogen) atoms. The Kier molecular flexibility index (Phi) is 9.83. The van der Waals surface area contributed by atoms with Crippen molar-refractivity contribution in [2.75, 3.05) is 0 Å². The number of hydrogen-bond donors (Lipinski definition) is 3. The van der Waals surface area contributed by atoms with Gasteiger partial charge in [-0.05, 0) is 42.9 Å². The molecule has 0 spiro atoms. The molecule has 1 saturated carbocycles. The lowest BCUT2D eigenvalue weighted by Crippen LogP contribution is -2.64. The second-order valence-electron chi connectivity index (χ2n) is 10.4. The molecule has 3 rings (SSSR count). The molecule has 1 aliphatic carbocycles. The molecule has 1 fully saturated rings. The fourth-order valence-electron chi connectivity index (χ4n) is 4.85. The van der Waals surface area contributed by atoms with Crippen LogP contribution in [0.4, 0.5) is 0 Å². The van der Waals surface area contributed by atoms with Crippen molar-refractivity contribution in [1.29, 1.82) is 0 Å². The molecule has 0 aliphatic heterocycles. The lowest BCUT2D eigenvalue weighted by molar-refractivity contribution is -0.138. The Labute approximate surface area is 218 Å². The van der Waals surface area contributed by atoms with Gasteiger partial charge in [0.05, 0.1) is 24.1 Å². The van der Waals surface area contributed by atoms with E-state index in [9.17, 15) is 19.2 Å². The van der Waals surface area contributed by atoms with Crippen LogP contribution in [0.25, 0.3) is 0 Å². The average Bonchev–Trinajstić information content (AvgIpc) is 2.89. The first-order valence-corrected chi connectivity index (χ1v) is 13.1. The Hall–Kier alpha value is -3.23. The molecule has 0 saturated heterocycles. The molecule has 8 heteroatoms. The predicted octanol–water partition coefficient (Wildman–Crippen LogP) is 3.04. The van der Waals surface area contributed by atoms with Crippen LogP contribution in [0.3, 0.4) is 0 Å². The van der Waals surface area contributed by atoms with Crippen molar-refractivity contribution in [3.8, 4) is 0 Å². The zero-order valence-electron chi connectivity index (χ0n) is 21.7. The number of nitrogens with two attached hydrogens (primary N) is 2. The van der Waals surface area contributed by atoms with E-state index in [1.165, 1.54) is 0 Å². The van der Waals surface area contributed by atoms with Gasteiger partial charge in [-0.2, -0.15) is 0 Å². The molecular weight excluding hydrogens is 468 g/mol. The van der Waals surface area contributed by atoms with E-state index in [1.807, 2.05) is 19.9 Å². The summed E-state index contributed by atoms with van der Waals surface area (Å²) in [5, 5.41) is 2.86. The molecule has 8 nitrogen and oxygen atoms in total. The SMILES string of the molecule is CC(C)C[C@H](NC(=O)C1CCCCC1)C(=O)CC(=O)C(N)(N)C(=O)C(c1ccccc1)c1ccccn1. The summed E-state index contributed by atoms with van der Waals surface area (Å²) in [5.41, 5.74) is 10.9. The van der Waals surface area contributed by atoms with E-state index < -0.39 is 41.4 Å². The lowest BCUT2D eigenvalue weighted by Gasteiger charge is -2.28. The van der Waals surface area contributed by atoms with E-state index >= 15 is 0 Å². The van der Waals surface area contributed by atoms with Gasteiger partial charge in [0.25, 0.3) is 0 Å². The van der Waals surface area contributed by atoms with Gasteiger partial charge in [-0.1, -0.05) is 69.5 Å². The third-order valence-electron chi connectivity index (χ3n) is 6.97. The van der Waals surface area contributed by atoms with Gasteiger partial charge in [0.2, 0.25) is 5.91 Å². The second kappa shape index (κ2) is 12.8. The lowest BCUT2D eigenvalue weighted by atomic mass is 9.82. The number of amides is 1. The van der Waals surface area contributed by atoms with E-state index in [1.54, 1.807) is 48.7 Å². The van der Waals surface area contributed by atoms with Crippen molar-refractivity contribution in [1.82, 2.24) is 10.3 Å². The molecule has 1 aromatic carbocycles. The van der Waals surface area contributed by atoms with Crippen molar-refractivity contribution in [2.24, 2.45) is 23.3 Å². The molecule has 0 bridgehead atoms. The highest BCUT2D eigenvalue weighted by atomic mass is 16.2. The largest absolute Gasteiger partial charge is 0.346 e. The number of hydrogen-bond acceptors (Lipinski definition) is 7. The number of aromatic nitrogens is 1. The van der Waals surface area contributed by atoms with Gasteiger partial charge < -0.3 is 16.8 Å². The van der Waals surface area contributed by atoms with Gasteiger partial charge in [0, 0.05) is 12.1 Å². The summed E-state index contributed by atoms with van der Waals surface area (Å²) in [5.74, 6) is -3.29. The minimum atomic E-state index is -2.41. The molecular formula is C29H38N4O4. The van der Waals surface area contributed by atoms with Gasteiger partial charge in [-0.15, -0.1) is 0 Å². The van der Waals surface area contributed by atoms with Crippen molar-refractivity contribution < 1.29 is 19.2 Å². The van der Waals surface area contributed by atoms with Crippen LogP contribution in [0, 0.1) is 11.8 Å². The minimum Gasteiger partial charge on any atom is -0.346 e. The molecule has 2 atom stereocenters. The van der Waals surface area contributed by atoms with E-state index in [0.29, 0.717) is 17.7 Å². The van der Waals surface area contributed by atoms with Crippen molar-refractivity contribution in [2.45, 2.75) is 76.4 Å². The van der Waals surface area contributed by atoms with Crippen molar-refractivity contribution in [3.63, 3.8) is 0 Å². The molecule has 1 amide bonds. The van der Waals surface area contributed by atoms with Gasteiger partial charge in [0.1, 0.15) is 0 Å². The quantitative estimate of drug-likeness (QED) is 0.296. The fourth-order valence-corrected chi connectivity index (χ4v) is 4.85. The first-order valence-electron chi connectivity index (χ1n) is 13.1. The Morgan fingerprint density at radius 1 is 0.973 bits per heavy atom. The maximum Gasteiger partial charge on any atom is 0.223 e. The highest BCUT2D eigenvalue weighted by Crippen LogP contribution is 2.28. The van der Waals surface area contributed by atoms with E-state index in [-0.39, 0.29) is 17.7 Å². The summed E-state index contributed by atoms with van der Waals surface area (Å²) in [6.07, 6.45) is 5.96. The second-order valence-corrected chi connectivity index (χ2v) is 10.4. The number of nitrogens with zero attached hydrogens (tertiary/aromatic N) is 1. The maximum atomic E-state index is 13.6. The van der Waals surface area contributed by atoms with Crippen LogP contribution in [0.15, 0.2) is 54.7 Å². The van der Waals surface area contributed by atoms with Gasteiger partial charge in [-0.3, -0.25) is 24.2 Å². The topological polar surface area (TPSA) is 145 Å². The van der Waals surface area contributed by atoms with Crippen LogP contribution in [0.1, 0.15) is 76.0 Å². The van der Waals surface area contributed by atoms with Crippen LogP contribution in [0.5, 0.6) is 0 Å². The number of benzene rings is 1. The summed E-state index contributed by atoms with van der Waals surface area (Å²) < 4.78 is 0. The molecule has 1 unspecified atom stereocenters. The Balaban J connectivity index is 1.78. The predicted molar refractivity (Wildman–Crippen MR) is 141 cm³/mol. The van der Waals surface area contributed by atoms with E-state index in [0.717, 1.165) is 32.1 Å². The number of nitrogens with one attached hydrogen (secondary N) is 1. The normalized spacial score (nSPS) is 16.1. The van der Waals surface area contributed by atoms with Crippen LogP contribution in [-0.4, -0.2) is 39.9 Å². The summed E-state index contributed by atoms with van der Waals surface area (Å²) >= 11 is 0. The van der Waals surface area contributed by atoms with Gasteiger partial charge >= 0.3 is 0 Å². The van der Waals surface area contributed by atoms with E-state index in [4.69, 9.17) is 11.5 Å². The zero-order valence-corrected chi connectivity index (χ0v) is 21.7. The molecule has 5 N–H and O–H groups in total. The summed E-state index contributed by atoms with van der Waals surface area (Å²) in [6.45, 7) is 3.87. The number of pyridine rings is 1. The highest BCUT2D eigenvalue weighted by molar-refractivity contribution is 6.18. The number of ketones is 3. The highest BCUT2D eigenvalue weighted by Gasteiger charge is 2.44. The molecule has 1 heterocycles. The Morgan fingerprint density at radius 3 is 2.22 bits per heavy atom. The maximum absolute atomic E-state index is 13.6. The fraction of sp³-hybridized carbons (Fsp3) is 0.483. The van der Waals surface area contributed by atoms with Gasteiger partial charge in [0.15, 0.2) is 23.0 Å². The minimum absolute atomic E-state index is 0.101. The van der Waals surface area contributed by atoms with Crippen LogP contribution < -0.4 is 16.8 Å². The average molecular weight is 507 g/mol. The molecule has 1 aliphatic rings. The summed E-state index contributed by atoms with van der Waals surface area (Å²) in [4.78, 5) is 57.2. The summed E-state index contributed by atoms with van der Waals surface area (Å²) in [7, 11) is 0. The monoisotopic (exact) mass is 506 g/mol. The van der Waals surface area contributed by atoms with Crippen LogP contribution in [0.2, 0.25) is 0 Å². The number of carbonyl (C=O) groups excluding carboxylic acids is 4. The molecule has 198 valence electrons. The number of carbonyl (C=O) groups is 4. The van der Waals surface area contributed by atoms with E-state index in [2.05, 4.69) is 10.3 Å². The van der Waals surface area contributed by atoms with Crippen LogP contribution in [-0.2, 0) is 19.2 Å². The molecule has 2 aromatic rings. The third-order valence-corrected chi connectivity index (χ3v) is 6.97. The Bertz CT molecular complexity index is 1040. The van der Waals surface area contributed by atoms with Crippen molar-refractivity contribution in [3.05, 3.63) is 66.0 Å².